The number of nitrogens with zero attached hydrogens (tertiary/aromatic N) is 2. The molecular weight excluding hydrogens is 226 g/mol. The predicted molar refractivity (Wildman–Crippen MR) is 72.6 cm³/mol. The van der Waals surface area contributed by atoms with Gasteiger partial charge in [-0.15, -0.1) is 0 Å². The molecule has 18 heavy (non-hydrogen) atoms. The SMILES string of the molecule is CCNCC1CCCOC1c1cnn(C(C)C)c1. The molecule has 102 valence electrons. The molecular formula is C14H25N3O. The van der Waals surface area contributed by atoms with Gasteiger partial charge in [-0.3, -0.25) is 4.68 Å². The Morgan fingerprint density at radius 1 is 1.56 bits per heavy atom. The summed E-state index contributed by atoms with van der Waals surface area (Å²) in [6.45, 7) is 9.38. The molecule has 2 heterocycles. The summed E-state index contributed by atoms with van der Waals surface area (Å²) in [7, 11) is 0. The zero-order valence-corrected chi connectivity index (χ0v) is 11.7. The van der Waals surface area contributed by atoms with Crippen molar-refractivity contribution < 1.29 is 4.74 Å². The molecule has 1 fully saturated rings. The Kier molecular flexibility index (Phi) is 4.78. The minimum Gasteiger partial charge on any atom is -0.373 e. The molecule has 4 heteroatoms. The average Bonchev–Trinajstić information content (AvgIpc) is 2.86. The maximum atomic E-state index is 5.97. The van der Waals surface area contributed by atoms with Crippen molar-refractivity contribution in [2.75, 3.05) is 19.7 Å². The van der Waals surface area contributed by atoms with Crippen molar-refractivity contribution in [2.45, 2.75) is 45.8 Å². The Labute approximate surface area is 110 Å². The Balaban J connectivity index is 2.06. The van der Waals surface area contributed by atoms with Crippen LogP contribution in [-0.2, 0) is 4.74 Å². The van der Waals surface area contributed by atoms with Crippen molar-refractivity contribution in [3.05, 3.63) is 18.0 Å². The minimum atomic E-state index is 0.213. The maximum absolute atomic E-state index is 5.97. The van der Waals surface area contributed by atoms with Gasteiger partial charge >= 0.3 is 0 Å². The van der Waals surface area contributed by atoms with Crippen LogP contribution in [0.3, 0.4) is 0 Å². The van der Waals surface area contributed by atoms with E-state index in [0.717, 1.165) is 19.7 Å². The first-order chi connectivity index (χ1) is 8.72. The van der Waals surface area contributed by atoms with Crippen LogP contribution in [0, 0.1) is 5.92 Å². The first-order valence-electron chi connectivity index (χ1n) is 7.08. The minimum absolute atomic E-state index is 0.213. The Bertz CT molecular complexity index is 362. The highest BCUT2D eigenvalue weighted by molar-refractivity contribution is 5.11. The summed E-state index contributed by atoms with van der Waals surface area (Å²) in [4.78, 5) is 0. The van der Waals surface area contributed by atoms with Crippen LogP contribution in [0.25, 0.3) is 0 Å². The van der Waals surface area contributed by atoms with Crippen LogP contribution in [0.5, 0.6) is 0 Å². The molecule has 1 aromatic heterocycles. The van der Waals surface area contributed by atoms with Gasteiger partial charge in [-0.05, 0) is 33.2 Å². The average molecular weight is 251 g/mol. The zero-order chi connectivity index (χ0) is 13.0. The van der Waals surface area contributed by atoms with E-state index in [0.29, 0.717) is 12.0 Å². The number of rotatable bonds is 5. The fraction of sp³-hybridized carbons (Fsp3) is 0.786. The van der Waals surface area contributed by atoms with Crippen LogP contribution in [-0.4, -0.2) is 29.5 Å². The van der Waals surface area contributed by atoms with Gasteiger partial charge in [-0.1, -0.05) is 6.92 Å². The van der Waals surface area contributed by atoms with Gasteiger partial charge in [-0.2, -0.15) is 5.10 Å². The molecule has 0 spiro atoms. The highest BCUT2D eigenvalue weighted by atomic mass is 16.5. The smallest absolute Gasteiger partial charge is 0.0895 e. The van der Waals surface area contributed by atoms with Gasteiger partial charge < -0.3 is 10.1 Å². The number of ether oxygens (including phenoxy) is 1. The van der Waals surface area contributed by atoms with Crippen LogP contribution >= 0.6 is 0 Å². The van der Waals surface area contributed by atoms with Gasteiger partial charge in [0.05, 0.1) is 12.3 Å². The van der Waals surface area contributed by atoms with Crippen molar-refractivity contribution >= 4 is 0 Å². The Morgan fingerprint density at radius 3 is 3.06 bits per heavy atom. The molecule has 1 saturated heterocycles. The lowest BCUT2D eigenvalue weighted by Gasteiger charge is -2.31. The van der Waals surface area contributed by atoms with E-state index in [1.54, 1.807) is 0 Å². The molecule has 1 aliphatic rings. The monoisotopic (exact) mass is 251 g/mol. The van der Waals surface area contributed by atoms with Crippen molar-refractivity contribution in [3.8, 4) is 0 Å². The van der Waals surface area contributed by atoms with Gasteiger partial charge in [-0.25, -0.2) is 0 Å². The molecule has 0 bridgehead atoms. The fourth-order valence-electron chi connectivity index (χ4n) is 2.53. The molecule has 0 amide bonds. The van der Waals surface area contributed by atoms with Crippen LogP contribution in [0.15, 0.2) is 12.4 Å². The summed E-state index contributed by atoms with van der Waals surface area (Å²) in [5.41, 5.74) is 1.23. The number of hydrogen-bond acceptors (Lipinski definition) is 3. The molecule has 0 aliphatic carbocycles. The molecule has 4 nitrogen and oxygen atoms in total. The van der Waals surface area contributed by atoms with E-state index in [1.807, 2.05) is 10.9 Å². The predicted octanol–water partition coefficient (Wildman–Crippen LogP) is 2.54. The second-order valence-electron chi connectivity index (χ2n) is 5.35. The highest BCUT2D eigenvalue weighted by Gasteiger charge is 2.28. The lowest BCUT2D eigenvalue weighted by molar-refractivity contribution is -0.0276. The van der Waals surface area contributed by atoms with E-state index in [4.69, 9.17) is 4.74 Å². The summed E-state index contributed by atoms with van der Waals surface area (Å²) < 4.78 is 7.98. The first-order valence-corrected chi connectivity index (χ1v) is 7.08. The fourth-order valence-corrected chi connectivity index (χ4v) is 2.53. The topological polar surface area (TPSA) is 39.1 Å². The second-order valence-corrected chi connectivity index (χ2v) is 5.35. The van der Waals surface area contributed by atoms with Crippen LogP contribution in [0.4, 0.5) is 0 Å². The lowest BCUT2D eigenvalue weighted by Crippen LogP contribution is -2.31. The standard InChI is InChI=1S/C14H25N3O/c1-4-15-8-12-6-5-7-18-14(12)13-9-16-17(10-13)11(2)3/h9-12,14-15H,4-8H2,1-3H3. The number of nitrogens with one attached hydrogen (secondary N) is 1. The highest BCUT2D eigenvalue weighted by Crippen LogP contribution is 2.33. The summed E-state index contributed by atoms with van der Waals surface area (Å²) in [6.07, 6.45) is 6.73. The van der Waals surface area contributed by atoms with Crippen LogP contribution < -0.4 is 5.32 Å². The van der Waals surface area contributed by atoms with Crippen LogP contribution in [0.2, 0.25) is 0 Å². The van der Waals surface area contributed by atoms with Gasteiger partial charge in [0.2, 0.25) is 0 Å². The normalized spacial score (nSPS) is 24.7. The third kappa shape index (κ3) is 3.12. The molecule has 2 rings (SSSR count). The summed E-state index contributed by atoms with van der Waals surface area (Å²) >= 11 is 0. The largest absolute Gasteiger partial charge is 0.373 e. The van der Waals surface area contributed by atoms with Crippen molar-refractivity contribution in [3.63, 3.8) is 0 Å². The Hall–Kier alpha value is -0.870. The van der Waals surface area contributed by atoms with Gasteiger partial charge in [0, 0.05) is 36.9 Å². The molecule has 0 radical (unpaired) electrons. The lowest BCUT2D eigenvalue weighted by atomic mass is 9.91. The van der Waals surface area contributed by atoms with Crippen molar-refractivity contribution in [2.24, 2.45) is 5.92 Å². The molecule has 0 saturated carbocycles. The van der Waals surface area contributed by atoms with Gasteiger partial charge in [0.25, 0.3) is 0 Å². The Morgan fingerprint density at radius 2 is 2.39 bits per heavy atom. The molecule has 1 aliphatic heterocycles. The van der Waals surface area contributed by atoms with Gasteiger partial charge in [0.1, 0.15) is 0 Å². The number of aromatic nitrogens is 2. The van der Waals surface area contributed by atoms with Crippen LogP contribution in [0.1, 0.15) is 51.3 Å². The van der Waals surface area contributed by atoms with E-state index in [1.165, 1.54) is 18.4 Å². The third-order valence-electron chi connectivity index (χ3n) is 3.58. The van der Waals surface area contributed by atoms with Crippen molar-refractivity contribution in [1.82, 2.24) is 15.1 Å². The first kappa shape index (κ1) is 13.6. The molecule has 2 unspecified atom stereocenters. The molecule has 2 atom stereocenters. The van der Waals surface area contributed by atoms with Gasteiger partial charge in [0.15, 0.2) is 0 Å². The summed E-state index contributed by atoms with van der Waals surface area (Å²) in [5.74, 6) is 0.573. The summed E-state index contributed by atoms with van der Waals surface area (Å²) in [6, 6.07) is 0.412. The van der Waals surface area contributed by atoms with E-state index < -0.39 is 0 Å². The van der Waals surface area contributed by atoms with E-state index >= 15 is 0 Å². The van der Waals surface area contributed by atoms with E-state index in [-0.39, 0.29) is 6.10 Å². The quantitative estimate of drug-likeness (QED) is 0.874. The summed E-state index contributed by atoms with van der Waals surface area (Å²) in [5, 5.41) is 7.86. The maximum Gasteiger partial charge on any atom is 0.0895 e. The van der Waals surface area contributed by atoms with E-state index in [2.05, 4.69) is 37.4 Å². The zero-order valence-electron chi connectivity index (χ0n) is 11.7. The number of hydrogen-bond donors (Lipinski definition) is 1. The van der Waals surface area contributed by atoms with E-state index in [9.17, 15) is 0 Å². The molecule has 1 aromatic rings. The molecule has 1 N–H and O–H groups in total. The van der Waals surface area contributed by atoms with Crippen molar-refractivity contribution in [1.29, 1.82) is 0 Å². The third-order valence-corrected chi connectivity index (χ3v) is 3.58. The molecule has 0 aromatic carbocycles. The second kappa shape index (κ2) is 6.34.